The third-order valence-electron chi connectivity index (χ3n) is 4.32. The van der Waals surface area contributed by atoms with E-state index < -0.39 is 11.9 Å². The van der Waals surface area contributed by atoms with Gasteiger partial charge in [-0.2, -0.15) is 5.26 Å². The van der Waals surface area contributed by atoms with Crippen LogP contribution in [-0.2, 0) is 4.74 Å². The molecule has 1 aliphatic heterocycles. The molecule has 1 unspecified atom stereocenters. The van der Waals surface area contributed by atoms with Gasteiger partial charge in [-0.15, -0.1) is 0 Å². The predicted molar refractivity (Wildman–Crippen MR) is 98.5 cm³/mol. The summed E-state index contributed by atoms with van der Waals surface area (Å²) in [4.78, 5) is 13.6. The highest BCUT2D eigenvalue weighted by Gasteiger charge is 2.26. The summed E-state index contributed by atoms with van der Waals surface area (Å²) in [5.41, 5.74) is 2.14. The van der Waals surface area contributed by atoms with Crippen LogP contribution in [0.5, 0.6) is 0 Å². The lowest BCUT2D eigenvalue weighted by Gasteiger charge is -2.35. The fourth-order valence-corrected chi connectivity index (χ4v) is 3.45. The van der Waals surface area contributed by atoms with Crippen molar-refractivity contribution in [3.05, 3.63) is 62.9 Å². The van der Waals surface area contributed by atoms with Gasteiger partial charge in [0.05, 0.1) is 22.9 Å². The maximum absolute atomic E-state index is 13.9. The molecule has 7 heteroatoms. The molecule has 0 saturated carbocycles. The molecule has 26 heavy (non-hydrogen) atoms. The fourth-order valence-electron chi connectivity index (χ4n) is 2.95. The van der Waals surface area contributed by atoms with E-state index in [1.807, 2.05) is 4.90 Å². The average molecular weight is 393 g/mol. The van der Waals surface area contributed by atoms with Gasteiger partial charge in [-0.3, -0.25) is 4.79 Å². The van der Waals surface area contributed by atoms with E-state index in [9.17, 15) is 14.4 Å². The highest BCUT2D eigenvalue weighted by molar-refractivity contribution is 6.35. The summed E-state index contributed by atoms with van der Waals surface area (Å²) in [5, 5.41) is 9.67. The van der Waals surface area contributed by atoms with Crippen LogP contribution in [0.15, 0.2) is 30.3 Å². The molecule has 1 fully saturated rings. The first-order valence-electron chi connectivity index (χ1n) is 7.96. The van der Waals surface area contributed by atoms with Gasteiger partial charge in [0.15, 0.2) is 5.78 Å². The molecule has 0 bridgehead atoms. The zero-order valence-corrected chi connectivity index (χ0v) is 15.4. The molecule has 1 atom stereocenters. The lowest BCUT2D eigenvalue weighted by atomic mass is 10.0. The predicted octanol–water partition coefficient (Wildman–Crippen LogP) is 4.78. The van der Waals surface area contributed by atoms with Crippen LogP contribution in [0.4, 0.5) is 10.1 Å². The van der Waals surface area contributed by atoms with Gasteiger partial charge in [0.2, 0.25) is 0 Å². The zero-order valence-electron chi connectivity index (χ0n) is 13.9. The van der Waals surface area contributed by atoms with Gasteiger partial charge in [0.1, 0.15) is 18.0 Å². The van der Waals surface area contributed by atoms with E-state index in [-0.39, 0.29) is 10.8 Å². The second kappa shape index (κ2) is 7.63. The number of nitrogens with zero attached hydrogens (tertiary/aromatic N) is 2. The Hall–Kier alpha value is -2.13. The zero-order chi connectivity index (χ0) is 18.8. The lowest BCUT2D eigenvalue weighted by Crippen LogP contribution is -2.39. The number of ether oxygens (including phenoxy) is 1. The number of benzene rings is 2. The molecule has 0 aliphatic carbocycles. The van der Waals surface area contributed by atoms with Gasteiger partial charge < -0.3 is 9.64 Å². The van der Waals surface area contributed by atoms with Gasteiger partial charge in [-0.05, 0) is 37.3 Å². The standard InChI is InChI=1S/C19H15Cl2FN2O2/c1-11(25)12-2-3-13(9-23)18(6-12)24-4-5-26-19(10-24)14-7-17(22)16(21)8-15(14)20/h2-3,6-8,19H,4-5,10H2,1H3. The Labute approximate surface area is 160 Å². The Bertz CT molecular complexity index is 911. The van der Waals surface area contributed by atoms with Gasteiger partial charge in [0, 0.05) is 29.2 Å². The topological polar surface area (TPSA) is 53.3 Å². The minimum absolute atomic E-state index is 0.0488. The van der Waals surface area contributed by atoms with Crippen LogP contribution in [0.3, 0.4) is 0 Å². The smallest absolute Gasteiger partial charge is 0.159 e. The van der Waals surface area contributed by atoms with E-state index >= 15 is 0 Å². The number of morpholine rings is 1. The van der Waals surface area contributed by atoms with Crippen molar-refractivity contribution < 1.29 is 13.9 Å². The normalized spacial score (nSPS) is 17.0. The molecule has 2 aromatic rings. The molecule has 0 amide bonds. The van der Waals surface area contributed by atoms with Crippen molar-refractivity contribution in [1.82, 2.24) is 0 Å². The molecule has 0 radical (unpaired) electrons. The first kappa shape index (κ1) is 18.7. The fraction of sp³-hybridized carbons (Fsp3) is 0.263. The largest absolute Gasteiger partial charge is 0.370 e. The summed E-state index contributed by atoms with van der Waals surface area (Å²) < 4.78 is 19.6. The molecule has 1 saturated heterocycles. The van der Waals surface area contributed by atoms with E-state index in [0.29, 0.717) is 47.1 Å². The molecule has 4 nitrogen and oxygen atoms in total. The van der Waals surface area contributed by atoms with Crippen LogP contribution in [0.25, 0.3) is 0 Å². The van der Waals surface area contributed by atoms with E-state index in [0.717, 1.165) is 0 Å². The van der Waals surface area contributed by atoms with Crippen LogP contribution in [0.1, 0.15) is 34.5 Å². The third-order valence-corrected chi connectivity index (χ3v) is 4.94. The van der Waals surface area contributed by atoms with Crippen molar-refractivity contribution in [2.24, 2.45) is 0 Å². The Balaban J connectivity index is 1.95. The number of halogens is 3. The molecule has 0 aromatic heterocycles. The highest BCUT2D eigenvalue weighted by Crippen LogP contribution is 2.34. The van der Waals surface area contributed by atoms with Crippen molar-refractivity contribution in [1.29, 1.82) is 5.26 Å². The number of hydrogen-bond donors (Lipinski definition) is 0. The molecule has 2 aromatic carbocycles. The molecule has 0 spiro atoms. The van der Waals surface area contributed by atoms with Crippen LogP contribution in [0.2, 0.25) is 10.0 Å². The summed E-state index contributed by atoms with van der Waals surface area (Å²) >= 11 is 12.0. The first-order valence-corrected chi connectivity index (χ1v) is 8.72. The summed E-state index contributed by atoms with van der Waals surface area (Å²) in [5.74, 6) is -0.647. The number of carbonyl (C=O) groups is 1. The second-order valence-electron chi connectivity index (χ2n) is 5.99. The lowest BCUT2D eigenvalue weighted by molar-refractivity contribution is 0.0396. The van der Waals surface area contributed by atoms with Crippen LogP contribution < -0.4 is 4.90 Å². The van der Waals surface area contributed by atoms with Crippen LogP contribution in [-0.4, -0.2) is 25.5 Å². The molecule has 134 valence electrons. The van der Waals surface area contributed by atoms with Crippen molar-refractivity contribution in [2.45, 2.75) is 13.0 Å². The third kappa shape index (κ3) is 3.68. The average Bonchev–Trinajstić information content (AvgIpc) is 2.64. The molecule has 3 rings (SSSR count). The van der Waals surface area contributed by atoms with Crippen molar-refractivity contribution >= 4 is 34.7 Å². The van der Waals surface area contributed by atoms with Crippen LogP contribution >= 0.6 is 23.2 Å². The van der Waals surface area contributed by atoms with Crippen molar-refractivity contribution in [2.75, 3.05) is 24.6 Å². The summed E-state index contributed by atoms with van der Waals surface area (Å²) in [6.07, 6.45) is -0.476. The van der Waals surface area contributed by atoms with Crippen molar-refractivity contribution in [3.8, 4) is 6.07 Å². The number of nitriles is 1. The van der Waals surface area contributed by atoms with Crippen LogP contribution in [0, 0.1) is 17.1 Å². The molecule has 1 aliphatic rings. The minimum atomic E-state index is -0.567. The molecule has 1 heterocycles. The first-order chi connectivity index (χ1) is 12.4. The Kier molecular flexibility index (Phi) is 5.47. The SMILES string of the molecule is CC(=O)c1ccc(C#N)c(N2CCOC(c3cc(F)c(Cl)cc3Cl)C2)c1. The van der Waals surface area contributed by atoms with E-state index in [2.05, 4.69) is 6.07 Å². The number of rotatable bonds is 3. The number of ketones is 1. The molecular formula is C19H15Cl2FN2O2. The van der Waals surface area contributed by atoms with Gasteiger partial charge in [-0.1, -0.05) is 23.2 Å². The second-order valence-corrected chi connectivity index (χ2v) is 6.81. The monoisotopic (exact) mass is 392 g/mol. The van der Waals surface area contributed by atoms with E-state index in [1.54, 1.807) is 18.2 Å². The van der Waals surface area contributed by atoms with Crippen molar-refractivity contribution in [3.63, 3.8) is 0 Å². The Morgan fingerprint density at radius 3 is 2.77 bits per heavy atom. The summed E-state index contributed by atoms with van der Waals surface area (Å²) in [6, 6.07) is 9.74. The Morgan fingerprint density at radius 2 is 2.08 bits per heavy atom. The van der Waals surface area contributed by atoms with Gasteiger partial charge in [-0.25, -0.2) is 4.39 Å². The van der Waals surface area contributed by atoms with Gasteiger partial charge in [0.25, 0.3) is 0 Å². The summed E-state index contributed by atoms with van der Waals surface area (Å²) in [6.45, 7) is 2.76. The quantitative estimate of drug-likeness (QED) is 0.556. The number of Topliss-reactive ketones (excluding diaryl/α,β-unsaturated/α-hetero) is 1. The van der Waals surface area contributed by atoms with E-state index in [4.69, 9.17) is 27.9 Å². The Morgan fingerprint density at radius 1 is 1.31 bits per heavy atom. The number of carbonyl (C=O) groups excluding carboxylic acids is 1. The number of anilines is 1. The molecular weight excluding hydrogens is 378 g/mol. The molecule has 0 N–H and O–H groups in total. The maximum atomic E-state index is 13.9. The minimum Gasteiger partial charge on any atom is -0.370 e. The van der Waals surface area contributed by atoms with Gasteiger partial charge >= 0.3 is 0 Å². The maximum Gasteiger partial charge on any atom is 0.159 e. The van der Waals surface area contributed by atoms with E-state index in [1.165, 1.54) is 19.1 Å². The summed E-state index contributed by atoms with van der Waals surface area (Å²) in [7, 11) is 0. The highest BCUT2D eigenvalue weighted by atomic mass is 35.5. The number of hydrogen-bond acceptors (Lipinski definition) is 4.